The molecular weight excluding hydrogens is 186 g/mol. The van der Waals surface area contributed by atoms with Crippen molar-refractivity contribution in [2.24, 2.45) is 0 Å². The highest BCUT2D eigenvalue weighted by Gasteiger charge is 2.23. The molecule has 0 unspecified atom stereocenters. The highest BCUT2D eigenvalue weighted by Crippen LogP contribution is 2.24. The lowest BCUT2D eigenvalue weighted by molar-refractivity contribution is -0.126. The summed E-state index contributed by atoms with van der Waals surface area (Å²) < 4.78 is 0. The molecule has 2 aliphatic rings. The van der Waals surface area contributed by atoms with Gasteiger partial charge in [0.15, 0.2) is 0 Å². The monoisotopic (exact) mass is 207 g/mol. The second kappa shape index (κ2) is 5.74. The van der Waals surface area contributed by atoms with Gasteiger partial charge >= 0.3 is 0 Å². The van der Waals surface area contributed by atoms with Gasteiger partial charge < -0.3 is 4.90 Å². The van der Waals surface area contributed by atoms with Crippen molar-refractivity contribution < 1.29 is 4.79 Å². The number of likely N-dealkylation sites (tertiary alicyclic amines) is 1. The first kappa shape index (κ1) is 12.0. The number of carbonyl (C=O) groups is 1. The first-order valence-corrected chi connectivity index (χ1v) is 5.94. The van der Waals surface area contributed by atoms with Crippen LogP contribution in [0.25, 0.3) is 0 Å². The molecule has 0 bridgehead atoms. The molecule has 0 N–H and O–H groups in total. The highest BCUT2D eigenvalue weighted by atomic mass is 16.2. The van der Waals surface area contributed by atoms with E-state index in [-0.39, 0.29) is 0 Å². The van der Waals surface area contributed by atoms with Crippen molar-refractivity contribution in [3.05, 3.63) is 23.4 Å². The minimum Gasteiger partial charge on any atom is -0.316 e. The van der Waals surface area contributed by atoms with Gasteiger partial charge in [0.05, 0.1) is 0 Å². The third-order valence-corrected chi connectivity index (χ3v) is 2.76. The Morgan fingerprint density at radius 3 is 2.33 bits per heavy atom. The summed E-state index contributed by atoms with van der Waals surface area (Å²) in [5.74, 6) is 0.305. The molecule has 15 heavy (non-hydrogen) atoms. The van der Waals surface area contributed by atoms with Gasteiger partial charge in [0, 0.05) is 18.7 Å². The summed E-state index contributed by atoms with van der Waals surface area (Å²) in [5, 5.41) is 0. The van der Waals surface area contributed by atoms with Crippen LogP contribution in [-0.4, -0.2) is 17.4 Å². The van der Waals surface area contributed by atoms with Gasteiger partial charge in [-0.15, -0.1) is 0 Å². The molecule has 1 saturated heterocycles. The van der Waals surface area contributed by atoms with E-state index in [1.807, 2.05) is 18.7 Å². The van der Waals surface area contributed by atoms with E-state index in [9.17, 15) is 4.79 Å². The molecule has 0 radical (unpaired) electrons. The maximum absolute atomic E-state index is 11.4. The van der Waals surface area contributed by atoms with Gasteiger partial charge in [-0.3, -0.25) is 4.79 Å². The Hall–Kier alpha value is -1.05. The number of amides is 1. The van der Waals surface area contributed by atoms with Crippen LogP contribution in [0.15, 0.2) is 23.4 Å². The van der Waals surface area contributed by atoms with E-state index in [4.69, 9.17) is 0 Å². The summed E-state index contributed by atoms with van der Waals surface area (Å²) in [6, 6.07) is 0. The van der Waals surface area contributed by atoms with E-state index >= 15 is 0 Å². The number of hydrogen-bond donors (Lipinski definition) is 0. The quantitative estimate of drug-likeness (QED) is 0.646. The summed E-state index contributed by atoms with van der Waals surface area (Å²) in [6.07, 6.45) is 8.13. The summed E-state index contributed by atoms with van der Waals surface area (Å²) in [4.78, 5) is 13.4. The average Bonchev–Trinajstić information content (AvgIpc) is 2.69. The van der Waals surface area contributed by atoms with E-state index < -0.39 is 0 Å². The summed E-state index contributed by atoms with van der Waals surface area (Å²) >= 11 is 0. The van der Waals surface area contributed by atoms with Crippen LogP contribution >= 0.6 is 0 Å². The Morgan fingerprint density at radius 2 is 1.87 bits per heavy atom. The molecule has 1 fully saturated rings. The van der Waals surface area contributed by atoms with Crippen LogP contribution in [0.4, 0.5) is 0 Å². The second-order valence-electron chi connectivity index (χ2n) is 3.82. The molecule has 2 heteroatoms. The Balaban J connectivity index is 0.000000531. The van der Waals surface area contributed by atoms with Crippen LogP contribution in [0.2, 0.25) is 0 Å². The van der Waals surface area contributed by atoms with Crippen molar-refractivity contribution >= 4 is 5.91 Å². The SMILES string of the molecule is CC.CC1=CC=C(N2CCCC2=O)CC1. The van der Waals surface area contributed by atoms with Gasteiger partial charge in [-0.05, 0) is 32.3 Å². The second-order valence-corrected chi connectivity index (χ2v) is 3.82. The average molecular weight is 207 g/mol. The van der Waals surface area contributed by atoms with Gasteiger partial charge in [-0.25, -0.2) is 0 Å². The van der Waals surface area contributed by atoms with Crippen LogP contribution in [0.3, 0.4) is 0 Å². The fourth-order valence-corrected chi connectivity index (χ4v) is 1.91. The van der Waals surface area contributed by atoms with Crippen LogP contribution in [0.5, 0.6) is 0 Å². The highest BCUT2D eigenvalue weighted by molar-refractivity contribution is 5.80. The molecule has 1 aliphatic carbocycles. The van der Waals surface area contributed by atoms with Gasteiger partial charge in [0.25, 0.3) is 0 Å². The van der Waals surface area contributed by atoms with Crippen LogP contribution in [-0.2, 0) is 4.79 Å². The lowest BCUT2D eigenvalue weighted by Gasteiger charge is -2.21. The van der Waals surface area contributed by atoms with Gasteiger partial charge in [0.1, 0.15) is 0 Å². The van der Waals surface area contributed by atoms with Crippen molar-refractivity contribution in [1.29, 1.82) is 0 Å². The Bertz CT molecular complexity index is 289. The number of nitrogens with zero attached hydrogens (tertiary/aromatic N) is 1. The van der Waals surface area contributed by atoms with Crippen molar-refractivity contribution in [2.45, 2.75) is 46.5 Å². The minimum absolute atomic E-state index is 0.305. The van der Waals surface area contributed by atoms with Crippen LogP contribution in [0.1, 0.15) is 46.5 Å². The van der Waals surface area contributed by atoms with Crippen LogP contribution in [0, 0.1) is 0 Å². The molecule has 2 rings (SSSR count). The number of carbonyl (C=O) groups excluding carboxylic acids is 1. The lowest BCUT2D eigenvalue weighted by Crippen LogP contribution is -2.24. The topological polar surface area (TPSA) is 20.3 Å². The van der Waals surface area contributed by atoms with E-state index in [1.54, 1.807) is 0 Å². The largest absolute Gasteiger partial charge is 0.316 e. The molecule has 0 aromatic rings. The fourth-order valence-electron chi connectivity index (χ4n) is 1.91. The third kappa shape index (κ3) is 2.95. The smallest absolute Gasteiger partial charge is 0.226 e. The van der Waals surface area contributed by atoms with Gasteiger partial charge in [0.2, 0.25) is 5.91 Å². The Labute approximate surface area is 92.7 Å². The molecule has 1 amide bonds. The Morgan fingerprint density at radius 1 is 1.13 bits per heavy atom. The summed E-state index contributed by atoms with van der Waals surface area (Å²) in [7, 11) is 0. The normalized spacial score (nSPS) is 20.5. The first-order chi connectivity index (χ1) is 7.27. The standard InChI is InChI=1S/C11H15NO.C2H6/c1-9-4-6-10(7-5-9)12-8-2-3-11(12)13;1-2/h4,6H,2-3,5,7-8H2,1H3;1-2H3. The molecule has 1 heterocycles. The van der Waals surface area contributed by atoms with E-state index in [2.05, 4.69) is 19.1 Å². The number of allylic oxidation sites excluding steroid dienone is 4. The van der Waals surface area contributed by atoms with Crippen LogP contribution < -0.4 is 0 Å². The number of hydrogen-bond acceptors (Lipinski definition) is 1. The maximum atomic E-state index is 11.4. The molecule has 0 aromatic carbocycles. The predicted octanol–water partition coefficient (Wildman–Crippen LogP) is 3.26. The van der Waals surface area contributed by atoms with E-state index in [0.717, 1.165) is 32.2 Å². The Kier molecular flexibility index (Phi) is 4.60. The van der Waals surface area contributed by atoms with Crippen molar-refractivity contribution in [3.63, 3.8) is 0 Å². The lowest BCUT2D eigenvalue weighted by atomic mass is 10.0. The van der Waals surface area contributed by atoms with Crippen molar-refractivity contribution in [2.75, 3.05) is 6.54 Å². The van der Waals surface area contributed by atoms with Gasteiger partial charge in [-0.2, -0.15) is 0 Å². The molecule has 84 valence electrons. The summed E-state index contributed by atoms with van der Waals surface area (Å²) in [5.41, 5.74) is 2.63. The zero-order chi connectivity index (χ0) is 11.3. The first-order valence-electron chi connectivity index (χ1n) is 5.94. The van der Waals surface area contributed by atoms with Gasteiger partial charge in [-0.1, -0.05) is 25.5 Å². The molecule has 0 spiro atoms. The molecule has 0 atom stereocenters. The fraction of sp³-hybridized carbons (Fsp3) is 0.615. The molecule has 2 nitrogen and oxygen atoms in total. The molecule has 0 aromatic heterocycles. The van der Waals surface area contributed by atoms with E-state index in [0.29, 0.717) is 5.91 Å². The maximum Gasteiger partial charge on any atom is 0.226 e. The molecule has 1 aliphatic heterocycles. The number of rotatable bonds is 1. The zero-order valence-corrected chi connectivity index (χ0v) is 10.0. The summed E-state index contributed by atoms with van der Waals surface area (Å²) in [6.45, 7) is 7.07. The third-order valence-electron chi connectivity index (χ3n) is 2.76. The molecular formula is C13H21NO. The predicted molar refractivity (Wildman–Crippen MR) is 63.4 cm³/mol. The zero-order valence-electron chi connectivity index (χ0n) is 10.0. The molecule has 0 saturated carbocycles. The van der Waals surface area contributed by atoms with E-state index in [1.165, 1.54) is 11.3 Å². The van der Waals surface area contributed by atoms with Crippen molar-refractivity contribution in [3.8, 4) is 0 Å². The minimum atomic E-state index is 0.305. The van der Waals surface area contributed by atoms with Crippen molar-refractivity contribution in [1.82, 2.24) is 4.90 Å².